The van der Waals surface area contributed by atoms with E-state index in [-0.39, 0.29) is 5.56 Å². The molecule has 1 amide bonds. The molecule has 1 saturated carbocycles. The van der Waals surface area contributed by atoms with Crippen LogP contribution in [0.5, 0.6) is 0 Å². The Balaban J connectivity index is 1.32. The molecule has 2 aromatic rings. The zero-order valence-electron chi connectivity index (χ0n) is 14.4. The van der Waals surface area contributed by atoms with Crippen LogP contribution in [0.2, 0.25) is 0 Å². The molecule has 2 fully saturated rings. The van der Waals surface area contributed by atoms with Gasteiger partial charge in [-0.25, -0.2) is 4.98 Å². The molecule has 4 rings (SSSR count). The van der Waals surface area contributed by atoms with Gasteiger partial charge in [0, 0.05) is 56.8 Å². The van der Waals surface area contributed by atoms with Gasteiger partial charge in [0.25, 0.3) is 5.56 Å². The SMILES string of the molecule is O=C(CC1CCCC1)N1CCN(Cc2cc(=O)n3ccsc3n2)CC1. The summed E-state index contributed by atoms with van der Waals surface area (Å²) in [6, 6.07) is 1.62. The molecule has 25 heavy (non-hydrogen) atoms. The fraction of sp³-hybridized carbons (Fsp3) is 0.611. The van der Waals surface area contributed by atoms with E-state index < -0.39 is 0 Å². The molecule has 0 N–H and O–H groups in total. The molecule has 0 atom stereocenters. The number of nitrogens with zero attached hydrogens (tertiary/aromatic N) is 4. The lowest BCUT2D eigenvalue weighted by Crippen LogP contribution is -2.48. The maximum atomic E-state index is 12.4. The number of rotatable bonds is 4. The van der Waals surface area contributed by atoms with Gasteiger partial charge in [0.05, 0.1) is 5.69 Å². The number of fused-ring (bicyclic) bond motifs is 1. The van der Waals surface area contributed by atoms with Crippen molar-refractivity contribution in [1.82, 2.24) is 19.2 Å². The van der Waals surface area contributed by atoms with Crippen LogP contribution in [0, 0.1) is 5.92 Å². The first-order valence-corrected chi connectivity index (χ1v) is 10.0. The molecule has 0 unspecified atom stereocenters. The summed E-state index contributed by atoms with van der Waals surface area (Å²) in [6.07, 6.45) is 7.50. The van der Waals surface area contributed by atoms with Gasteiger partial charge in [0.2, 0.25) is 5.91 Å². The molecule has 1 saturated heterocycles. The lowest BCUT2D eigenvalue weighted by Gasteiger charge is -2.35. The summed E-state index contributed by atoms with van der Waals surface area (Å²) < 4.78 is 1.58. The van der Waals surface area contributed by atoms with Gasteiger partial charge in [0.1, 0.15) is 0 Å². The molecule has 2 aromatic heterocycles. The summed E-state index contributed by atoms with van der Waals surface area (Å²) in [5.74, 6) is 0.933. The van der Waals surface area contributed by atoms with Crippen LogP contribution in [0.1, 0.15) is 37.8 Å². The third kappa shape index (κ3) is 3.77. The fourth-order valence-corrected chi connectivity index (χ4v) is 4.68. The largest absolute Gasteiger partial charge is 0.340 e. The molecule has 0 bridgehead atoms. The topological polar surface area (TPSA) is 57.9 Å². The van der Waals surface area contributed by atoms with Crippen molar-refractivity contribution in [1.29, 1.82) is 0 Å². The molecule has 2 aliphatic rings. The van der Waals surface area contributed by atoms with Crippen LogP contribution >= 0.6 is 11.3 Å². The molecular weight excluding hydrogens is 336 g/mol. The van der Waals surface area contributed by atoms with E-state index in [0.717, 1.165) is 43.3 Å². The third-order valence-electron chi connectivity index (χ3n) is 5.40. The van der Waals surface area contributed by atoms with E-state index >= 15 is 0 Å². The van der Waals surface area contributed by atoms with Gasteiger partial charge >= 0.3 is 0 Å². The lowest BCUT2D eigenvalue weighted by atomic mass is 10.0. The number of aromatic nitrogens is 2. The van der Waals surface area contributed by atoms with Crippen molar-refractivity contribution in [3.8, 4) is 0 Å². The zero-order valence-corrected chi connectivity index (χ0v) is 15.2. The van der Waals surface area contributed by atoms with Crippen LogP contribution in [0.25, 0.3) is 4.96 Å². The fourth-order valence-electron chi connectivity index (χ4n) is 3.94. The lowest BCUT2D eigenvalue weighted by molar-refractivity contribution is -0.134. The van der Waals surface area contributed by atoms with Gasteiger partial charge in [-0.05, 0) is 18.8 Å². The van der Waals surface area contributed by atoms with Crippen LogP contribution in [0.15, 0.2) is 22.4 Å². The van der Waals surface area contributed by atoms with Gasteiger partial charge in [-0.2, -0.15) is 0 Å². The maximum Gasteiger partial charge on any atom is 0.258 e. The number of amides is 1. The number of thiazole rings is 1. The van der Waals surface area contributed by atoms with E-state index in [1.165, 1.54) is 37.0 Å². The van der Waals surface area contributed by atoms with Crippen molar-refractivity contribution in [2.75, 3.05) is 26.2 Å². The quantitative estimate of drug-likeness (QED) is 0.837. The first-order valence-electron chi connectivity index (χ1n) is 9.15. The van der Waals surface area contributed by atoms with Crippen LogP contribution in [-0.2, 0) is 11.3 Å². The van der Waals surface area contributed by atoms with Crippen molar-refractivity contribution in [3.05, 3.63) is 33.7 Å². The van der Waals surface area contributed by atoms with Crippen LogP contribution in [-0.4, -0.2) is 51.3 Å². The van der Waals surface area contributed by atoms with Crippen molar-refractivity contribution >= 4 is 22.2 Å². The molecule has 0 spiro atoms. The normalized spacial score (nSPS) is 19.8. The number of hydrogen-bond donors (Lipinski definition) is 0. The Morgan fingerprint density at radius 3 is 2.72 bits per heavy atom. The number of carbonyl (C=O) groups is 1. The molecule has 3 heterocycles. The molecule has 6 nitrogen and oxygen atoms in total. The van der Waals surface area contributed by atoms with E-state index in [0.29, 0.717) is 18.4 Å². The summed E-state index contributed by atoms with van der Waals surface area (Å²) in [7, 11) is 0. The molecule has 1 aliphatic heterocycles. The highest BCUT2D eigenvalue weighted by molar-refractivity contribution is 7.15. The highest BCUT2D eigenvalue weighted by Crippen LogP contribution is 2.28. The predicted molar refractivity (Wildman–Crippen MR) is 97.8 cm³/mol. The van der Waals surface area contributed by atoms with Gasteiger partial charge in [-0.3, -0.25) is 18.9 Å². The smallest absolute Gasteiger partial charge is 0.258 e. The van der Waals surface area contributed by atoms with Gasteiger partial charge in [-0.15, -0.1) is 11.3 Å². The van der Waals surface area contributed by atoms with E-state index in [1.807, 2.05) is 10.3 Å². The molecule has 134 valence electrons. The molecule has 1 aliphatic carbocycles. The van der Waals surface area contributed by atoms with Gasteiger partial charge in [-0.1, -0.05) is 12.8 Å². The van der Waals surface area contributed by atoms with Crippen molar-refractivity contribution in [2.45, 2.75) is 38.6 Å². The number of hydrogen-bond acceptors (Lipinski definition) is 5. The van der Waals surface area contributed by atoms with E-state index in [2.05, 4.69) is 9.88 Å². The van der Waals surface area contributed by atoms with Crippen molar-refractivity contribution in [2.24, 2.45) is 5.92 Å². The van der Waals surface area contributed by atoms with Crippen LogP contribution in [0.4, 0.5) is 0 Å². The highest BCUT2D eigenvalue weighted by Gasteiger charge is 2.25. The van der Waals surface area contributed by atoms with E-state index in [9.17, 15) is 9.59 Å². The second kappa shape index (κ2) is 7.25. The molecule has 0 radical (unpaired) electrons. The van der Waals surface area contributed by atoms with Gasteiger partial charge in [0.15, 0.2) is 4.96 Å². The summed E-state index contributed by atoms with van der Waals surface area (Å²) in [5.41, 5.74) is 0.796. The van der Waals surface area contributed by atoms with Gasteiger partial charge < -0.3 is 4.90 Å². The highest BCUT2D eigenvalue weighted by atomic mass is 32.1. The van der Waals surface area contributed by atoms with Crippen LogP contribution < -0.4 is 5.56 Å². The molecular formula is C18H24N4O2S. The molecule has 7 heteroatoms. The Kier molecular flexibility index (Phi) is 4.85. The second-order valence-corrected chi connectivity index (χ2v) is 8.03. The second-order valence-electron chi connectivity index (χ2n) is 7.15. The average molecular weight is 360 g/mol. The first kappa shape index (κ1) is 16.7. The number of piperazine rings is 1. The van der Waals surface area contributed by atoms with Crippen molar-refractivity contribution in [3.63, 3.8) is 0 Å². The van der Waals surface area contributed by atoms with Crippen molar-refractivity contribution < 1.29 is 4.79 Å². The Hall–Kier alpha value is -1.73. The first-order chi connectivity index (χ1) is 12.2. The third-order valence-corrected chi connectivity index (χ3v) is 6.16. The van der Waals surface area contributed by atoms with Crippen LogP contribution in [0.3, 0.4) is 0 Å². The minimum atomic E-state index is -0.0216. The Bertz CT molecular complexity index is 801. The summed E-state index contributed by atoms with van der Waals surface area (Å²) in [6.45, 7) is 3.94. The van der Waals surface area contributed by atoms with E-state index in [1.54, 1.807) is 16.7 Å². The molecule has 0 aromatic carbocycles. The maximum absolute atomic E-state index is 12.4. The summed E-state index contributed by atoms with van der Waals surface area (Å²) >= 11 is 1.48. The minimum absolute atomic E-state index is 0.0216. The minimum Gasteiger partial charge on any atom is -0.340 e. The monoisotopic (exact) mass is 360 g/mol. The summed E-state index contributed by atoms with van der Waals surface area (Å²) in [5, 5.41) is 1.88. The standard InChI is InChI=1S/C18H24N4O2S/c23-16(11-14-3-1-2-4-14)21-7-5-20(6-8-21)13-15-12-17(24)22-9-10-25-18(22)19-15/h9-10,12,14H,1-8,11,13H2. The van der Waals surface area contributed by atoms with E-state index in [4.69, 9.17) is 0 Å². The Labute approximate surface area is 151 Å². The Morgan fingerprint density at radius 2 is 1.96 bits per heavy atom. The predicted octanol–water partition coefficient (Wildman–Crippen LogP) is 1.98. The average Bonchev–Trinajstić information content (AvgIpc) is 3.27. The zero-order chi connectivity index (χ0) is 17.2. The summed E-state index contributed by atoms with van der Waals surface area (Å²) in [4.78, 5) is 34.1. The number of carbonyl (C=O) groups excluding carboxylic acids is 1. The Morgan fingerprint density at radius 1 is 1.20 bits per heavy atom.